The quantitative estimate of drug-likeness (QED) is 0.371. The van der Waals surface area contributed by atoms with E-state index in [0.29, 0.717) is 22.4 Å². The maximum atomic E-state index is 12.7. The molecule has 2 N–H and O–H groups in total. The SMILES string of the molecule is CSc1nnnn1-c1cccc(NC(=O)CSCc2nc3sc4c(c3c(=O)[nH]2)CCCC4)c1. The number of amides is 1. The van der Waals surface area contributed by atoms with Crippen LogP contribution in [0.25, 0.3) is 15.9 Å². The zero-order valence-electron chi connectivity index (χ0n) is 17.8. The molecule has 1 aliphatic rings. The smallest absolute Gasteiger partial charge is 0.259 e. The van der Waals surface area contributed by atoms with Crippen LogP contribution in [0.3, 0.4) is 0 Å². The number of benzene rings is 1. The zero-order chi connectivity index (χ0) is 22.8. The summed E-state index contributed by atoms with van der Waals surface area (Å²) >= 11 is 4.49. The molecular formula is C21H21N7O2S3. The van der Waals surface area contributed by atoms with Gasteiger partial charge in [0.1, 0.15) is 10.7 Å². The molecule has 1 aromatic carbocycles. The van der Waals surface area contributed by atoms with Gasteiger partial charge in [0.15, 0.2) is 0 Å². The van der Waals surface area contributed by atoms with E-state index in [1.807, 2.05) is 30.5 Å². The number of tetrazole rings is 1. The van der Waals surface area contributed by atoms with Gasteiger partial charge in [0, 0.05) is 10.6 Å². The number of thioether (sulfide) groups is 2. The van der Waals surface area contributed by atoms with Crippen LogP contribution in [0.4, 0.5) is 5.69 Å². The number of thiophene rings is 1. The highest BCUT2D eigenvalue weighted by Gasteiger charge is 2.19. The highest BCUT2D eigenvalue weighted by Crippen LogP contribution is 2.33. The molecule has 0 saturated carbocycles. The summed E-state index contributed by atoms with van der Waals surface area (Å²) in [5, 5.41) is 16.0. The number of aryl methyl sites for hydroxylation is 2. The molecule has 1 amide bonds. The number of H-pyrrole nitrogens is 1. The van der Waals surface area contributed by atoms with Gasteiger partial charge in [-0.15, -0.1) is 28.2 Å². The fourth-order valence-electron chi connectivity index (χ4n) is 3.90. The standard InChI is InChI=1S/C21H21N7O2S3/c1-31-21-25-26-27-28(21)13-6-4-5-12(9-13)22-17(29)11-32-10-16-23-19(30)18-14-7-2-3-8-15(14)33-20(18)24-16/h4-6,9H,2-3,7-8,10-11H2,1H3,(H,22,29)(H,23,24,30). The number of hydrogen-bond donors (Lipinski definition) is 2. The number of aromatic amines is 1. The molecule has 0 unspecified atom stereocenters. The second-order valence-corrected chi connectivity index (χ2v) is 10.4. The molecule has 9 nitrogen and oxygen atoms in total. The number of carbonyl (C=O) groups excluding carboxylic acids is 1. The van der Waals surface area contributed by atoms with Crippen LogP contribution < -0.4 is 10.9 Å². The largest absolute Gasteiger partial charge is 0.325 e. The minimum atomic E-state index is -0.131. The molecule has 0 aliphatic heterocycles. The van der Waals surface area contributed by atoms with Gasteiger partial charge in [-0.05, 0) is 66.1 Å². The number of aromatic nitrogens is 6. The molecule has 3 heterocycles. The first-order valence-electron chi connectivity index (χ1n) is 10.5. The van der Waals surface area contributed by atoms with E-state index in [0.717, 1.165) is 35.2 Å². The Bertz CT molecular complexity index is 1380. The fraction of sp³-hybridized carbons (Fsp3) is 0.333. The van der Waals surface area contributed by atoms with Crippen molar-refractivity contribution in [3.63, 3.8) is 0 Å². The van der Waals surface area contributed by atoms with Crippen LogP contribution in [0.1, 0.15) is 29.1 Å². The van der Waals surface area contributed by atoms with Gasteiger partial charge in [-0.1, -0.05) is 17.8 Å². The van der Waals surface area contributed by atoms with Gasteiger partial charge in [-0.3, -0.25) is 9.59 Å². The number of fused-ring (bicyclic) bond motifs is 3. The van der Waals surface area contributed by atoms with E-state index >= 15 is 0 Å². The highest BCUT2D eigenvalue weighted by atomic mass is 32.2. The molecule has 4 aromatic rings. The third-order valence-electron chi connectivity index (χ3n) is 5.34. The lowest BCUT2D eigenvalue weighted by Gasteiger charge is -2.09. The number of hydrogen-bond acceptors (Lipinski definition) is 9. The number of nitrogens with one attached hydrogen (secondary N) is 2. The van der Waals surface area contributed by atoms with E-state index in [1.54, 1.807) is 16.0 Å². The molecular weight excluding hydrogens is 478 g/mol. The van der Waals surface area contributed by atoms with Gasteiger partial charge < -0.3 is 10.3 Å². The maximum absolute atomic E-state index is 12.7. The average Bonchev–Trinajstić information content (AvgIpc) is 3.43. The van der Waals surface area contributed by atoms with E-state index in [4.69, 9.17) is 0 Å². The average molecular weight is 500 g/mol. The summed E-state index contributed by atoms with van der Waals surface area (Å²) in [4.78, 5) is 34.8. The van der Waals surface area contributed by atoms with E-state index in [9.17, 15) is 9.59 Å². The van der Waals surface area contributed by atoms with Crippen LogP contribution in [0, 0.1) is 0 Å². The van der Waals surface area contributed by atoms with Crippen molar-refractivity contribution in [3.8, 4) is 5.69 Å². The van der Waals surface area contributed by atoms with Gasteiger partial charge in [0.25, 0.3) is 5.56 Å². The first-order chi connectivity index (χ1) is 16.1. The zero-order valence-corrected chi connectivity index (χ0v) is 20.3. The summed E-state index contributed by atoms with van der Waals surface area (Å²) in [7, 11) is 0. The minimum Gasteiger partial charge on any atom is -0.325 e. The van der Waals surface area contributed by atoms with Crippen LogP contribution in [0.5, 0.6) is 0 Å². The number of nitrogens with zero attached hydrogens (tertiary/aromatic N) is 5. The number of anilines is 1. The number of carbonyl (C=O) groups is 1. The third kappa shape index (κ3) is 4.68. The second kappa shape index (κ2) is 9.65. The normalized spacial score (nSPS) is 13.2. The lowest BCUT2D eigenvalue weighted by atomic mass is 9.97. The van der Waals surface area contributed by atoms with Crippen LogP contribution >= 0.6 is 34.9 Å². The molecule has 12 heteroatoms. The van der Waals surface area contributed by atoms with Gasteiger partial charge in [-0.2, -0.15) is 4.68 Å². The first kappa shape index (κ1) is 22.1. The number of rotatable bonds is 7. The Morgan fingerprint density at radius 3 is 3.06 bits per heavy atom. The van der Waals surface area contributed by atoms with E-state index in [2.05, 4.69) is 30.8 Å². The molecule has 170 valence electrons. The molecule has 33 heavy (non-hydrogen) atoms. The predicted octanol–water partition coefficient (Wildman–Crippen LogP) is 3.43. The maximum Gasteiger partial charge on any atom is 0.259 e. The van der Waals surface area contributed by atoms with Crippen molar-refractivity contribution < 1.29 is 4.79 Å². The fourth-order valence-corrected chi connectivity index (χ4v) is 6.30. The third-order valence-corrected chi connectivity index (χ3v) is 8.09. The van der Waals surface area contributed by atoms with E-state index < -0.39 is 0 Å². The monoisotopic (exact) mass is 499 g/mol. The van der Waals surface area contributed by atoms with Crippen molar-refractivity contribution in [2.45, 2.75) is 36.6 Å². The Hall–Kier alpha value is -2.70. The van der Waals surface area contributed by atoms with Crippen molar-refractivity contribution in [1.29, 1.82) is 0 Å². The van der Waals surface area contributed by atoms with Gasteiger partial charge in [0.05, 0.1) is 22.6 Å². The summed E-state index contributed by atoms with van der Waals surface area (Å²) in [6.45, 7) is 0. The van der Waals surface area contributed by atoms with E-state index in [-0.39, 0.29) is 17.2 Å². The van der Waals surface area contributed by atoms with Crippen molar-refractivity contribution in [2.75, 3.05) is 17.3 Å². The molecule has 5 rings (SSSR count). The lowest BCUT2D eigenvalue weighted by Crippen LogP contribution is -2.15. The highest BCUT2D eigenvalue weighted by molar-refractivity contribution is 7.99. The van der Waals surface area contributed by atoms with Crippen molar-refractivity contribution in [1.82, 2.24) is 30.2 Å². The Labute approximate surface area is 201 Å². The summed E-state index contributed by atoms with van der Waals surface area (Å²) in [5.74, 6) is 1.18. The topological polar surface area (TPSA) is 118 Å². The summed E-state index contributed by atoms with van der Waals surface area (Å²) in [5.41, 5.74) is 2.55. The Balaban J connectivity index is 1.21. The van der Waals surface area contributed by atoms with Crippen molar-refractivity contribution >= 4 is 56.7 Å². The first-order valence-corrected chi connectivity index (χ1v) is 13.7. The van der Waals surface area contributed by atoms with Crippen LogP contribution in [-0.2, 0) is 23.4 Å². The van der Waals surface area contributed by atoms with Crippen LogP contribution in [0.2, 0.25) is 0 Å². The predicted molar refractivity (Wildman–Crippen MR) is 133 cm³/mol. The molecule has 1 aliphatic carbocycles. The van der Waals surface area contributed by atoms with Gasteiger partial charge in [0.2, 0.25) is 11.1 Å². The molecule has 3 aromatic heterocycles. The minimum absolute atomic E-state index is 0.0662. The van der Waals surface area contributed by atoms with E-state index in [1.165, 1.54) is 40.4 Å². The van der Waals surface area contributed by atoms with Crippen molar-refractivity contribution in [3.05, 3.63) is 50.9 Å². The lowest BCUT2D eigenvalue weighted by molar-refractivity contribution is -0.113. The molecule has 0 fully saturated rings. The Morgan fingerprint density at radius 1 is 1.30 bits per heavy atom. The summed E-state index contributed by atoms with van der Waals surface area (Å²) in [6, 6.07) is 7.36. The van der Waals surface area contributed by atoms with Gasteiger partial charge in [-0.25, -0.2) is 4.98 Å². The molecule has 0 radical (unpaired) electrons. The summed E-state index contributed by atoms with van der Waals surface area (Å²) < 4.78 is 1.62. The van der Waals surface area contributed by atoms with Crippen LogP contribution in [0.15, 0.2) is 34.2 Å². The molecule has 0 saturated heterocycles. The molecule has 0 bridgehead atoms. The van der Waals surface area contributed by atoms with Crippen LogP contribution in [-0.4, -0.2) is 48.1 Å². The van der Waals surface area contributed by atoms with Crippen molar-refractivity contribution in [2.24, 2.45) is 0 Å². The summed E-state index contributed by atoms with van der Waals surface area (Å²) in [6.07, 6.45) is 6.20. The van der Waals surface area contributed by atoms with Gasteiger partial charge >= 0.3 is 0 Å². The molecule has 0 atom stereocenters. The Kier molecular flexibility index (Phi) is 6.47. The Morgan fingerprint density at radius 2 is 2.18 bits per heavy atom. The molecule has 0 spiro atoms. The second-order valence-electron chi connectivity index (χ2n) is 7.57.